The second kappa shape index (κ2) is 15.7. The van der Waals surface area contributed by atoms with E-state index in [1.165, 1.54) is 31.3 Å². The van der Waals surface area contributed by atoms with Gasteiger partial charge in [0, 0.05) is 38.8 Å². The monoisotopic (exact) mass is 643 g/mol. The number of amides is 1. The summed E-state index contributed by atoms with van der Waals surface area (Å²) in [5.74, 6) is 4.05. The van der Waals surface area contributed by atoms with Crippen molar-refractivity contribution in [3.63, 3.8) is 0 Å². The first kappa shape index (κ1) is 36.4. The van der Waals surface area contributed by atoms with E-state index >= 15 is 0 Å². The number of hydrogen-bond donors (Lipinski definition) is 1. The number of carbonyl (C=O) groups excluding carboxylic acids is 1. The van der Waals surface area contributed by atoms with Crippen LogP contribution >= 0.6 is 0 Å². The fraction of sp³-hybridized carbons (Fsp3) is 0.816. The number of rotatable bonds is 15. The summed E-state index contributed by atoms with van der Waals surface area (Å²) in [5.41, 5.74) is 3.79. The largest absolute Gasteiger partial charge is 0.500 e. The van der Waals surface area contributed by atoms with Gasteiger partial charge in [0.1, 0.15) is 6.10 Å². The Morgan fingerprint density at radius 3 is 2.27 bits per heavy atom. The van der Waals surface area contributed by atoms with Crippen LogP contribution in [0.25, 0.3) is 0 Å². The minimum atomic E-state index is -2.70. The number of nitrogens with one attached hydrogen (secondary N) is 1. The van der Waals surface area contributed by atoms with Crippen LogP contribution < -0.4 is 5.32 Å². The minimum Gasteiger partial charge on any atom is -0.446 e. The van der Waals surface area contributed by atoms with Gasteiger partial charge in [0.15, 0.2) is 0 Å². The average molecular weight is 644 g/mol. The van der Waals surface area contributed by atoms with Crippen molar-refractivity contribution >= 4 is 14.9 Å². The molecule has 4 aliphatic carbocycles. The summed E-state index contributed by atoms with van der Waals surface area (Å²) >= 11 is 0. The van der Waals surface area contributed by atoms with Crippen molar-refractivity contribution in [2.45, 2.75) is 126 Å². The van der Waals surface area contributed by atoms with Crippen LogP contribution in [0.15, 0.2) is 35.5 Å². The molecule has 0 spiro atoms. The topological polar surface area (TPSA) is 66.0 Å². The van der Waals surface area contributed by atoms with Crippen LogP contribution in [0.2, 0.25) is 6.04 Å². The van der Waals surface area contributed by atoms with E-state index in [1.807, 2.05) is 20.8 Å². The first-order valence-electron chi connectivity index (χ1n) is 18.4. The molecule has 256 valence electrons. The van der Waals surface area contributed by atoms with E-state index in [0.717, 1.165) is 31.6 Å². The van der Waals surface area contributed by atoms with Gasteiger partial charge in [-0.25, -0.2) is 4.79 Å². The van der Waals surface area contributed by atoms with Gasteiger partial charge in [-0.3, -0.25) is 0 Å². The Morgan fingerprint density at radius 1 is 0.933 bits per heavy atom. The maximum atomic E-state index is 12.8. The Hall–Kier alpha value is -1.41. The molecular weight excluding hydrogens is 579 g/mol. The van der Waals surface area contributed by atoms with E-state index in [-0.39, 0.29) is 17.6 Å². The third-order valence-electron chi connectivity index (χ3n) is 12.3. The van der Waals surface area contributed by atoms with Crippen molar-refractivity contribution in [2.24, 2.45) is 46.3 Å². The van der Waals surface area contributed by atoms with E-state index in [1.54, 1.807) is 5.57 Å². The maximum Gasteiger partial charge on any atom is 0.500 e. The molecule has 0 aliphatic heterocycles. The molecule has 6 nitrogen and oxygen atoms in total. The summed E-state index contributed by atoms with van der Waals surface area (Å²) in [7, 11) is -2.70. The molecule has 0 aromatic rings. The molecule has 0 aromatic carbocycles. The van der Waals surface area contributed by atoms with Gasteiger partial charge in [-0.05, 0) is 112 Å². The van der Waals surface area contributed by atoms with Crippen molar-refractivity contribution in [1.29, 1.82) is 0 Å². The zero-order valence-corrected chi connectivity index (χ0v) is 31.1. The number of ether oxygens (including phenoxy) is 1. The molecule has 0 aromatic heterocycles. The quantitative estimate of drug-likeness (QED) is 0.109. The van der Waals surface area contributed by atoms with Gasteiger partial charge in [-0.1, -0.05) is 77.0 Å². The standard InChI is InChI=1S/C38H65NO5Si/c1-10-41-45(42-11-2,43-12-3)25-13-24-39-36(40)44-31-20-22-37(8)30(26-31)16-17-32-34-19-18-33(38(34,9)23-21-35(32)37)29(7)15-14-28(6)27(4)5/h14-17,27-29,31,33-35H,10-13,18-26H2,1-9H3,(H,39,40)/t28-,29-,31+,33-,34+,35+,37+,38-/m1/s1. The highest BCUT2D eigenvalue weighted by Gasteiger charge is 2.57. The van der Waals surface area contributed by atoms with Crippen LogP contribution in [0, 0.1) is 46.3 Å². The first-order valence-corrected chi connectivity index (χ1v) is 20.3. The summed E-state index contributed by atoms with van der Waals surface area (Å²) in [6.07, 6.45) is 18.4. The highest BCUT2D eigenvalue weighted by Crippen LogP contribution is 2.66. The van der Waals surface area contributed by atoms with Crippen LogP contribution in [0.5, 0.6) is 0 Å². The van der Waals surface area contributed by atoms with Gasteiger partial charge in [-0.15, -0.1) is 0 Å². The number of alkyl carbamates (subject to hydrolysis) is 1. The highest BCUT2D eigenvalue weighted by atomic mass is 28.4. The van der Waals surface area contributed by atoms with E-state index in [9.17, 15) is 4.79 Å². The van der Waals surface area contributed by atoms with E-state index in [0.29, 0.717) is 67.4 Å². The number of carbonyl (C=O) groups is 1. The lowest BCUT2D eigenvalue weighted by Gasteiger charge is -2.55. The smallest absolute Gasteiger partial charge is 0.446 e. The molecule has 7 heteroatoms. The maximum absolute atomic E-state index is 12.8. The van der Waals surface area contributed by atoms with Crippen molar-refractivity contribution in [1.82, 2.24) is 5.32 Å². The summed E-state index contributed by atoms with van der Waals surface area (Å²) in [4.78, 5) is 12.8. The molecule has 4 rings (SSSR count). The Labute approximate surface area is 276 Å². The number of hydrogen-bond acceptors (Lipinski definition) is 5. The van der Waals surface area contributed by atoms with E-state index in [2.05, 4.69) is 71.2 Å². The van der Waals surface area contributed by atoms with Gasteiger partial charge >= 0.3 is 14.9 Å². The van der Waals surface area contributed by atoms with Crippen LogP contribution in [0.1, 0.15) is 114 Å². The van der Waals surface area contributed by atoms with E-state index < -0.39 is 8.80 Å². The zero-order valence-electron chi connectivity index (χ0n) is 30.1. The average Bonchev–Trinajstić information content (AvgIpc) is 3.36. The molecular formula is C38H65NO5Si. The van der Waals surface area contributed by atoms with Crippen LogP contribution in [0.4, 0.5) is 4.79 Å². The predicted molar refractivity (Wildman–Crippen MR) is 186 cm³/mol. The SMILES string of the molecule is CCO[Si](CCCNC(=O)O[C@H]1CC[C@@]2(C)C(=CC=C3[C@@H]4CC[C@H]([C@H](C)C=C[C@@H](C)C(C)C)[C@@]4(C)CC[C@@H]32)C1)(OCC)OCC. The Kier molecular flexibility index (Phi) is 12.7. The minimum absolute atomic E-state index is 0.0615. The van der Waals surface area contributed by atoms with Gasteiger partial charge < -0.3 is 23.3 Å². The molecule has 1 amide bonds. The van der Waals surface area contributed by atoms with E-state index in [4.69, 9.17) is 18.0 Å². The molecule has 45 heavy (non-hydrogen) atoms. The Morgan fingerprint density at radius 2 is 1.62 bits per heavy atom. The molecule has 0 unspecified atom stereocenters. The summed E-state index contributed by atoms with van der Waals surface area (Å²) in [6, 6.07) is 0.682. The lowest BCUT2D eigenvalue weighted by atomic mass is 9.50. The molecule has 1 N–H and O–H groups in total. The molecule has 3 fully saturated rings. The molecule has 8 atom stereocenters. The van der Waals surface area contributed by atoms with Gasteiger partial charge in [0.25, 0.3) is 0 Å². The van der Waals surface area contributed by atoms with Gasteiger partial charge in [0.2, 0.25) is 0 Å². The predicted octanol–water partition coefficient (Wildman–Crippen LogP) is 9.50. The van der Waals surface area contributed by atoms with Gasteiger partial charge in [-0.2, -0.15) is 0 Å². The Balaban J connectivity index is 1.33. The second-order valence-electron chi connectivity index (χ2n) is 15.2. The summed E-state index contributed by atoms with van der Waals surface area (Å²) in [5, 5.41) is 2.98. The number of allylic oxidation sites excluding steroid dienone is 5. The van der Waals surface area contributed by atoms with Crippen LogP contribution in [0.3, 0.4) is 0 Å². The molecule has 0 radical (unpaired) electrons. The Bertz CT molecular complexity index is 1070. The molecule has 0 bridgehead atoms. The van der Waals surface area contributed by atoms with Gasteiger partial charge in [0.05, 0.1) is 0 Å². The lowest BCUT2D eigenvalue weighted by Crippen LogP contribution is -2.47. The third-order valence-corrected chi connectivity index (χ3v) is 15.5. The number of fused-ring (bicyclic) bond motifs is 5. The van der Waals surface area contributed by atoms with Crippen molar-refractivity contribution in [3.8, 4) is 0 Å². The molecule has 4 aliphatic rings. The highest BCUT2D eigenvalue weighted by molar-refractivity contribution is 6.60. The summed E-state index contributed by atoms with van der Waals surface area (Å²) in [6.45, 7) is 22.7. The summed E-state index contributed by atoms with van der Waals surface area (Å²) < 4.78 is 23.8. The second-order valence-corrected chi connectivity index (χ2v) is 18.0. The third kappa shape index (κ3) is 8.01. The molecule has 3 saturated carbocycles. The zero-order chi connectivity index (χ0) is 32.8. The van der Waals surface area contributed by atoms with Crippen LogP contribution in [-0.4, -0.2) is 47.4 Å². The fourth-order valence-electron chi connectivity index (χ4n) is 9.37. The van der Waals surface area contributed by atoms with Crippen molar-refractivity contribution in [3.05, 3.63) is 35.5 Å². The molecule has 0 heterocycles. The molecule has 0 saturated heterocycles. The lowest BCUT2D eigenvalue weighted by molar-refractivity contribution is 0.0291. The first-order chi connectivity index (χ1) is 21.4. The normalized spacial score (nSPS) is 32.8. The van der Waals surface area contributed by atoms with Crippen LogP contribution in [-0.2, 0) is 18.0 Å². The van der Waals surface area contributed by atoms with Crippen molar-refractivity contribution < 1.29 is 22.8 Å². The fourth-order valence-corrected chi connectivity index (χ4v) is 12.0. The van der Waals surface area contributed by atoms with Crippen molar-refractivity contribution in [2.75, 3.05) is 26.4 Å².